The van der Waals surface area contributed by atoms with Crippen LogP contribution in [0, 0.1) is 0 Å². The fraction of sp³-hybridized carbons (Fsp3) is 0.222. The van der Waals surface area contributed by atoms with Crippen LogP contribution in [0.25, 0.3) is 10.2 Å². The van der Waals surface area contributed by atoms with Crippen LogP contribution < -0.4 is 0 Å². The highest BCUT2D eigenvalue weighted by atomic mass is 32.2. The summed E-state index contributed by atoms with van der Waals surface area (Å²) in [5, 5.41) is 0.961. The molecular weight excluding hydrogens is 324 g/mol. The average molecular weight is 342 g/mol. The van der Waals surface area contributed by atoms with Crippen molar-refractivity contribution in [3.8, 4) is 0 Å². The molecule has 5 heteroatoms. The number of para-hydroxylation sites is 1. The predicted octanol–water partition coefficient (Wildman–Crippen LogP) is 4.85. The molecule has 0 radical (unpaired) electrons. The van der Waals surface area contributed by atoms with E-state index in [0.717, 1.165) is 20.1 Å². The Morgan fingerprint density at radius 2 is 1.87 bits per heavy atom. The summed E-state index contributed by atoms with van der Waals surface area (Å²) in [6.07, 6.45) is 2.03. The Labute approximate surface area is 144 Å². The molecule has 1 heterocycles. The Kier molecular flexibility index (Phi) is 4.68. The molecule has 3 nitrogen and oxygen atoms in total. The molecular formula is C18H18N2OS2. The van der Waals surface area contributed by atoms with E-state index in [4.69, 9.17) is 0 Å². The van der Waals surface area contributed by atoms with Gasteiger partial charge in [0, 0.05) is 17.5 Å². The van der Waals surface area contributed by atoms with Gasteiger partial charge in [0.05, 0.1) is 16.3 Å². The Balaban J connectivity index is 1.82. The van der Waals surface area contributed by atoms with Crippen LogP contribution in [0.2, 0.25) is 0 Å². The summed E-state index contributed by atoms with van der Waals surface area (Å²) in [6, 6.07) is 15.7. The molecule has 1 aromatic heterocycles. The van der Waals surface area contributed by atoms with Crippen LogP contribution in [-0.4, -0.2) is 29.1 Å². The van der Waals surface area contributed by atoms with Gasteiger partial charge in [0.1, 0.15) is 5.01 Å². The molecule has 0 aliphatic heterocycles. The summed E-state index contributed by atoms with van der Waals surface area (Å²) >= 11 is 3.31. The van der Waals surface area contributed by atoms with Crippen LogP contribution in [0.1, 0.15) is 28.3 Å². The highest BCUT2D eigenvalue weighted by Gasteiger charge is 2.21. The largest absolute Gasteiger partial charge is 0.333 e. The number of amides is 1. The van der Waals surface area contributed by atoms with Crippen molar-refractivity contribution in [2.24, 2.45) is 0 Å². The number of benzene rings is 2. The summed E-state index contributed by atoms with van der Waals surface area (Å²) in [6.45, 7) is 2.02. The standard InChI is InChI=1S/C18H18N2OS2/c1-12(17-19-15-6-4-5-7-16(15)23-17)20(2)18(21)13-8-10-14(22-3)11-9-13/h4-12H,1-3H3/t12-/m0/s1. The first kappa shape index (κ1) is 16.0. The molecule has 3 aromatic rings. The molecule has 118 valence electrons. The minimum Gasteiger partial charge on any atom is -0.333 e. The third-order valence-electron chi connectivity index (χ3n) is 3.91. The number of hydrogen-bond acceptors (Lipinski definition) is 4. The molecule has 3 rings (SSSR count). The van der Waals surface area contributed by atoms with E-state index in [-0.39, 0.29) is 11.9 Å². The van der Waals surface area contributed by atoms with E-state index >= 15 is 0 Å². The van der Waals surface area contributed by atoms with Gasteiger partial charge in [0.15, 0.2) is 0 Å². The van der Waals surface area contributed by atoms with Gasteiger partial charge in [-0.1, -0.05) is 12.1 Å². The zero-order valence-corrected chi connectivity index (χ0v) is 14.9. The Bertz CT molecular complexity index is 793. The number of carbonyl (C=O) groups is 1. The number of thioether (sulfide) groups is 1. The van der Waals surface area contributed by atoms with Crippen LogP contribution in [0.3, 0.4) is 0 Å². The van der Waals surface area contributed by atoms with Crippen LogP contribution >= 0.6 is 23.1 Å². The maximum absolute atomic E-state index is 12.7. The molecule has 1 amide bonds. The third-order valence-corrected chi connectivity index (χ3v) is 5.86. The third kappa shape index (κ3) is 3.26. The van der Waals surface area contributed by atoms with Gasteiger partial charge in [-0.25, -0.2) is 4.98 Å². The molecule has 0 bridgehead atoms. The molecule has 0 aliphatic carbocycles. The van der Waals surface area contributed by atoms with Gasteiger partial charge < -0.3 is 4.90 Å². The van der Waals surface area contributed by atoms with Crippen molar-refractivity contribution >= 4 is 39.2 Å². The molecule has 0 unspecified atom stereocenters. The van der Waals surface area contributed by atoms with Gasteiger partial charge >= 0.3 is 0 Å². The van der Waals surface area contributed by atoms with Crippen molar-refractivity contribution in [1.82, 2.24) is 9.88 Å². The Morgan fingerprint density at radius 3 is 2.52 bits per heavy atom. The van der Waals surface area contributed by atoms with Crippen LogP contribution in [-0.2, 0) is 0 Å². The Hall–Kier alpha value is -1.85. The maximum atomic E-state index is 12.7. The quantitative estimate of drug-likeness (QED) is 0.635. The SMILES string of the molecule is CSc1ccc(C(=O)N(C)[C@@H](C)c2nc3ccccc3s2)cc1. The monoisotopic (exact) mass is 342 g/mol. The summed E-state index contributed by atoms with van der Waals surface area (Å²) in [4.78, 5) is 20.2. The molecule has 0 N–H and O–H groups in total. The van der Waals surface area contributed by atoms with Crippen molar-refractivity contribution in [3.05, 3.63) is 59.1 Å². The normalized spacial score (nSPS) is 12.3. The molecule has 0 aliphatic rings. The highest BCUT2D eigenvalue weighted by molar-refractivity contribution is 7.98. The molecule has 0 fully saturated rings. The first-order chi connectivity index (χ1) is 11.1. The van der Waals surface area contributed by atoms with Crippen molar-refractivity contribution < 1.29 is 4.79 Å². The van der Waals surface area contributed by atoms with E-state index in [2.05, 4.69) is 11.1 Å². The molecule has 0 saturated heterocycles. The van der Waals surface area contributed by atoms with Crippen molar-refractivity contribution in [1.29, 1.82) is 0 Å². The van der Waals surface area contributed by atoms with E-state index in [1.807, 2.05) is 62.7 Å². The van der Waals surface area contributed by atoms with Crippen molar-refractivity contribution in [2.45, 2.75) is 17.9 Å². The zero-order valence-electron chi connectivity index (χ0n) is 13.3. The molecule has 2 aromatic carbocycles. The minimum atomic E-state index is -0.0554. The van der Waals surface area contributed by atoms with E-state index in [9.17, 15) is 4.79 Å². The molecule has 0 saturated carbocycles. The number of nitrogens with zero attached hydrogens (tertiary/aromatic N) is 2. The van der Waals surface area contributed by atoms with Crippen molar-refractivity contribution in [3.63, 3.8) is 0 Å². The number of aromatic nitrogens is 1. The van der Waals surface area contributed by atoms with Gasteiger partial charge in [-0.2, -0.15) is 0 Å². The van der Waals surface area contributed by atoms with E-state index in [1.54, 1.807) is 28.0 Å². The topological polar surface area (TPSA) is 33.2 Å². The Morgan fingerprint density at radius 1 is 1.17 bits per heavy atom. The lowest BCUT2D eigenvalue weighted by molar-refractivity contribution is 0.0742. The lowest BCUT2D eigenvalue weighted by atomic mass is 10.2. The fourth-order valence-corrected chi connectivity index (χ4v) is 3.82. The molecule has 1 atom stereocenters. The molecule has 0 spiro atoms. The van der Waals surface area contributed by atoms with Gasteiger partial charge in [-0.15, -0.1) is 23.1 Å². The highest BCUT2D eigenvalue weighted by Crippen LogP contribution is 2.29. The van der Waals surface area contributed by atoms with E-state index in [0.29, 0.717) is 5.56 Å². The number of carbonyl (C=O) groups excluding carboxylic acids is 1. The van der Waals surface area contributed by atoms with Gasteiger partial charge in [-0.3, -0.25) is 4.79 Å². The van der Waals surface area contributed by atoms with Crippen LogP contribution in [0.4, 0.5) is 0 Å². The first-order valence-corrected chi connectivity index (χ1v) is 9.41. The number of fused-ring (bicyclic) bond motifs is 1. The lowest BCUT2D eigenvalue weighted by Crippen LogP contribution is -2.29. The smallest absolute Gasteiger partial charge is 0.254 e. The van der Waals surface area contributed by atoms with E-state index < -0.39 is 0 Å². The average Bonchev–Trinajstić information content (AvgIpc) is 3.04. The first-order valence-electron chi connectivity index (χ1n) is 7.37. The zero-order chi connectivity index (χ0) is 16.4. The van der Waals surface area contributed by atoms with Gasteiger partial charge in [0.2, 0.25) is 0 Å². The molecule has 23 heavy (non-hydrogen) atoms. The summed E-state index contributed by atoms with van der Waals surface area (Å²) in [7, 11) is 1.83. The van der Waals surface area contributed by atoms with E-state index in [1.165, 1.54) is 0 Å². The predicted molar refractivity (Wildman–Crippen MR) is 98.4 cm³/mol. The van der Waals surface area contributed by atoms with Gasteiger partial charge in [0.25, 0.3) is 5.91 Å². The summed E-state index contributed by atoms with van der Waals surface area (Å²) in [5.74, 6) is 0.0180. The van der Waals surface area contributed by atoms with Crippen LogP contribution in [0.15, 0.2) is 53.4 Å². The summed E-state index contributed by atoms with van der Waals surface area (Å²) in [5.41, 5.74) is 1.70. The number of hydrogen-bond donors (Lipinski definition) is 0. The second-order valence-corrected chi connectivity index (χ2v) is 7.28. The summed E-state index contributed by atoms with van der Waals surface area (Å²) < 4.78 is 1.15. The number of rotatable bonds is 4. The van der Waals surface area contributed by atoms with Gasteiger partial charge in [-0.05, 0) is 49.6 Å². The lowest BCUT2D eigenvalue weighted by Gasteiger charge is -2.23. The number of thiazole rings is 1. The second kappa shape index (κ2) is 6.72. The van der Waals surface area contributed by atoms with Crippen molar-refractivity contribution in [2.75, 3.05) is 13.3 Å². The van der Waals surface area contributed by atoms with Crippen LogP contribution in [0.5, 0.6) is 0 Å². The minimum absolute atomic E-state index is 0.0180. The maximum Gasteiger partial charge on any atom is 0.254 e. The second-order valence-electron chi connectivity index (χ2n) is 5.34. The fourth-order valence-electron chi connectivity index (χ4n) is 2.35.